The lowest BCUT2D eigenvalue weighted by molar-refractivity contribution is -0.131. The zero-order valence-electron chi connectivity index (χ0n) is 22.2. The summed E-state index contributed by atoms with van der Waals surface area (Å²) in [6, 6.07) is 6.57. The molecule has 3 aromatic rings. The Balaban J connectivity index is 1.36. The van der Waals surface area contributed by atoms with Gasteiger partial charge in [0.25, 0.3) is 0 Å². The van der Waals surface area contributed by atoms with Gasteiger partial charge in [0.15, 0.2) is 11.5 Å². The zero-order chi connectivity index (χ0) is 25.4. The summed E-state index contributed by atoms with van der Waals surface area (Å²) in [5, 5.41) is 3.60. The number of benzene rings is 1. The Hall–Kier alpha value is -3.20. The number of hydrogen-bond acceptors (Lipinski definition) is 7. The van der Waals surface area contributed by atoms with Gasteiger partial charge in [-0.2, -0.15) is 9.97 Å². The maximum atomic E-state index is 12.6. The van der Waals surface area contributed by atoms with Crippen molar-refractivity contribution in [1.82, 2.24) is 29.3 Å². The summed E-state index contributed by atoms with van der Waals surface area (Å²) in [6.07, 6.45) is 4.04. The normalized spacial score (nSPS) is 17.2. The number of anilines is 3. The van der Waals surface area contributed by atoms with Crippen LogP contribution in [0, 0.1) is 6.92 Å². The van der Waals surface area contributed by atoms with Crippen molar-refractivity contribution in [3.05, 3.63) is 35.7 Å². The van der Waals surface area contributed by atoms with Crippen molar-refractivity contribution >= 4 is 34.5 Å². The number of hydrogen-bond donors (Lipinski definition) is 1. The summed E-state index contributed by atoms with van der Waals surface area (Å²) in [7, 11) is 1.97. The molecule has 0 saturated carbocycles. The summed E-state index contributed by atoms with van der Waals surface area (Å²) in [4.78, 5) is 33.3. The first-order valence-corrected chi connectivity index (χ1v) is 13.0. The molecular formula is C27H38N8O. The van der Waals surface area contributed by atoms with Crippen molar-refractivity contribution in [3.8, 4) is 0 Å². The van der Waals surface area contributed by atoms with Gasteiger partial charge in [0.05, 0.1) is 12.9 Å². The largest absolute Gasteiger partial charge is 0.342 e. The number of likely N-dealkylation sites (tertiary alicyclic amines) is 1. The summed E-state index contributed by atoms with van der Waals surface area (Å²) in [5.74, 6) is 1.70. The molecule has 0 aliphatic carbocycles. The van der Waals surface area contributed by atoms with E-state index in [1.807, 2.05) is 16.5 Å². The molecule has 5 rings (SSSR count). The second-order valence-corrected chi connectivity index (χ2v) is 11.2. The van der Waals surface area contributed by atoms with E-state index >= 15 is 0 Å². The number of aromatic nitrogens is 4. The highest BCUT2D eigenvalue weighted by atomic mass is 16.2. The van der Waals surface area contributed by atoms with E-state index in [0.717, 1.165) is 74.7 Å². The standard InChI is InChI=1S/C27H38N8O/c1-19-8-9-20(27(2,3)4)16-21(19)29-25-23-24(28-18-32(23)5)30-26(31-25)35-14-12-33(13-15-35)17-22(36)34-10-6-7-11-34/h8-9,16,18H,6-7,10-15,17H2,1-5H3,(H,29,30,31). The van der Waals surface area contributed by atoms with Crippen LogP contribution in [0.4, 0.5) is 17.5 Å². The molecule has 0 radical (unpaired) electrons. The van der Waals surface area contributed by atoms with Crippen LogP contribution in [0.3, 0.4) is 0 Å². The van der Waals surface area contributed by atoms with Gasteiger partial charge in [0.1, 0.15) is 5.52 Å². The third-order valence-corrected chi connectivity index (χ3v) is 7.39. The molecule has 0 bridgehead atoms. The van der Waals surface area contributed by atoms with Crippen LogP contribution in [0.25, 0.3) is 11.2 Å². The fourth-order valence-corrected chi connectivity index (χ4v) is 4.99. The number of carbonyl (C=O) groups is 1. The average molecular weight is 491 g/mol. The number of amides is 1. The van der Waals surface area contributed by atoms with Crippen LogP contribution >= 0.6 is 0 Å². The molecule has 36 heavy (non-hydrogen) atoms. The Bertz CT molecular complexity index is 1250. The van der Waals surface area contributed by atoms with Crippen molar-refractivity contribution in [2.45, 2.75) is 46.0 Å². The fraction of sp³-hybridized carbons (Fsp3) is 0.556. The molecule has 2 aliphatic rings. The van der Waals surface area contributed by atoms with Crippen molar-refractivity contribution < 1.29 is 4.79 Å². The Kier molecular flexibility index (Phi) is 6.59. The van der Waals surface area contributed by atoms with Crippen LogP contribution in [0.1, 0.15) is 44.7 Å². The van der Waals surface area contributed by atoms with Gasteiger partial charge in [-0.05, 0) is 42.4 Å². The van der Waals surface area contributed by atoms with E-state index in [0.29, 0.717) is 18.1 Å². The molecule has 2 aliphatic heterocycles. The van der Waals surface area contributed by atoms with E-state index < -0.39 is 0 Å². The van der Waals surface area contributed by atoms with Gasteiger partial charge in [0, 0.05) is 52.0 Å². The first-order chi connectivity index (χ1) is 17.2. The Morgan fingerprint density at radius 1 is 1.03 bits per heavy atom. The lowest BCUT2D eigenvalue weighted by Gasteiger charge is -2.35. The molecule has 192 valence electrons. The third-order valence-electron chi connectivity index (χ3n) is 7.39. The molecule has 0 atom stereocenters. The number of fused-ring (bicyclic) bond motifs is 1. The van der Waals surface area contributed by atoms with Crippen LogP contribution in [0.15, 0.2) is 24.5 Å². The highest BCUT2D eigenvalue weighted by molar-refractivity contribution is 5.87. The molecule has 4 heterocycles. The van der Waals surface area contributed by atoms with E-state index in [1.165, 1.54) is 5.56 Å². The maximum Gasteiger partial charge on any atom is 0.236 e. The Morgan fingerprint density at radius 3 is 2.44 bits per heavy atom. The van der Waals surface area contributed by atoms with Crippen molar-refractivity contribution in [2.24, 2.45) is 7.05 Å². The SMILES string of the molecule is Cc1ccc(C(C)(C)C)cc1Nc1nc(N2CCN(CC(=O)N3CCCC3)CC2)nc2ncn(C)c12. The van der Waals surface area contributed by atoms with Crippen molar-refractivity contribution in [2.75, 3.05) is 56.0 Å². The molecule has 0 spiro atoms. The van der Waals surface area contributed by atoms with E-state index in [9.17, 15) is 4.79 Å². The predicted molar refractivity (Wildman–Crippen MR) is 144 cm³/mol. The second-order valence-electron chi connectivity index (χ2n) is 11.2. The molecule has 9 heteroatoms. The van der Waals surface area contributed by atoms with E-state index in [1.54, 1.807) is 6.33 Å². The quantitative estimate of drug-likeness (QED) is 0.587. The third kappa shape index (κ3) is 5.02. The van der Waals surface area contributed by atoms with Crippen molar-refractivity contribution in [1.29, 1.82) is 0 Å². The Morgan fingerprint density at radius 2 is 1.75 bits per heavy atom. The van der Waals surface area contributed by atoms with Crippen LogP contribution in [0.5, 0.6) is 0 Å². The van der Waals surface area contributed by atoms with E-state index in [4.69, 9.17) is 9.97 Å². The van der Waals surface area contributed by atoms with Gasteiger partial charge in [-0.1, -0.05) is 32.9 Å². The molecule has 2 aromatic heterocycles. The van der Waals surface area contributed by atoms with Gasteiger partial charge in [0.2, 0.25) is 11.9 Å². The number of nitrogens with one attached hydrogen (secondary N) is 1. The van der Waals surface area contributed by atoms with E-state index in [2.05, 4.69) is 66.0 Å². The van der Waals surface area contributed by atoms with Gasteiger partial charge < -0.3 is 19.7 Å². The lowest BCUT2D eigenvalue weighted by atomic mass is 9.86. The van der Waals surface area contributed by atoms with Gasteiger partial charge in [-0.15, -0.1) is 0 Å². The van der Waals surface area contributed by atoms with Crippen LogP contribution in [-0.2, 0) is 17.3 Å². The van der Waals surface area contributed by atoms with Gasteiger partial charge >= 0.3 is 0 Å². The average Bonchev–Trinajstić information content (AvgIpc) is 3.51. The number of imidazole rings is 1. The van der Waals surface area contributed by atoms with Crippen LogP contribution in [-0.4, -0.2) is 81.0 Å². The highest BCUT2D eigenvalue weighted by Crippen LogP contribution is 2.31. The molecule has 1 amide bonds. The van der Waals surface area contributed by atoms with Gasteiger partial charge in [-0.3, -0.25) is 9.69 Å². The van der Waals surface area contributed by atoms with Crippen molar-refractivity contribution in [3.63, 3.8) is 0 Å². The first-order valence-electron chi connectivity index (χ1n) is 13.0. The molecule has 1 aromatic carbocycles. The molecule has 2 fully saturated rings. The molecule has 0 unspecified atom stereocenters. The minimum Gasteiger partial charge on any atom is -0.342 e. The Labute approximate surface area is 213 Å². The lowest BCUT2D eigenvalue weighted by Crippen LogP contribution is -2.50. The minimum absolute atomic E-state index is 0.0542. The van der Waals surface area contributed by atoms with Crippen LogP contribution < -0.4 is 10.2 Å². The second kappa shape index (κ2) is 9.69. The van der Waals surface area contributed by atoms with E-state index in [-0.39, 0.29) is 11.3 Å². The maximum absolute atomic E-state index is 12.6. The topological polar surface area (TPSA) is 82.4 Å². The first kappa shape index (κ1) is 24.5. The minimum atomic E-state index is 0.0542. The number of carbonyl (C=O) groups excluding carboxylic acids is 1. The highest BCUT2D eigenvalue weighted by Gasteiger charge is 2.25. The number of nitrogens with zero attached hydrogens (tertiary/aromatic N) is 7. The fourth-order valence-electron chi connectivity index (χ4n) is 4.99. The number of rotatable bonds is 5. The summed E-state index contributed by atoms with van der Waals surface area (Å²) in [5.41, 5.74) is 5.09. The smallest absolute Gasteiger partial charge is 0.236 e. The summed E-state index contributed by atoms with van der Waals surface area (Å²) >= 11 is 0. The molecule has 1 N–H and O–H groups in total. The van der Waals surface area contributed by atoms with Crippen LogP contribution in [0.2, 0.25) is 0 Å². The summed E-state index contributed by atoms with van der Waals surface area (Å²) < 4.78 is 1.96. The van der Waals surface area contributed by atoms with Gasteiger partial charge in [-0.25, -0.2) is 4.98 Å². The number of piperazine rings is 1. The predicted octanol–water partition coefficient (Wildman–Crippen LogP) is 3.46. The molecular weight excluding hydrogens is 452 g/mol. The number of aryl methyl sites for hydroxylation is 2. The monoisotopic (exact) mass is 490 g/mol. The summed E-state index contributed by atoms with van der Waals surface area (Å²) in [6.45, 7) is 14.3. The molecule has 9 nitrogen and oxygen atoms in total. The molecule has 2 saturated heterocycles. The zero-order valence-corrected chi connectivity index (χ0v) is 22.2.